The molecule has 0 bridgehead atoms. The van der Waals surface area contributed by atoms with E-state index >= 15 is 0 Å². The molecule has 0 aliphatic rings. The average molecular weight is 311 g/mol. The van der Waals surface area contributed by atoms with E-state index in [2.05, 4.69) is 15.9 Å². The molecule has 17 heavy (non-hydrogen) atoms. The number of rotatable bonds is 2. The first kappa shape index (κ1) is 12.3. The van der Waals surface area contributed by atoms with Gasteiger partial charge in [0.2, 0.25) is 0 Å². The van der Waals surface area contributed by atoms with Crippen molar-refractivity contribution in [1.29, 1.82) is 0 Å². The molecule has 1 heterocycles. The van der Waals surface area contributed by atoms with Crippen LogP contribution < -0.4 is 0 Å². The third-order valence-electron chi connectivity index (χ3n) is 2.46. The van der Waals surface area contributed by atoms with Crippen LogP contribution in [-0.2, 0) is 4.74 Å². The largest absolute Gasteiger partial charge is 0.465 e. The summed E-state index contributed by atoms with van der Waals surface area (Å²) in [5.74, 6) is -0.280. The van der Waals surface area contributed by atoms with E-state index in [1.54, 1.807) is 0 Å². The third kappa shape index (κ3) is 2.42. The molecular weight excluding hydrogens is 300 g/mol. The number of methoxy groups -OCH3 is 1. The molecule has 2 nitrogen and oxygen atoms in total. The molecule has 1 aromatic carbocycles. The highest BCUT2D eigenvalue weighted by Gasteiger charge is 2.17. The molecule has 0 fully saturated rings. The van der Waals surface area contributed by atoms with Gasteiger partial charge in [0.15, 0.2) is 0 Å². The topological polar surface area (TPSA) is 26.3 Å². The number of aryl methyl sites for hydroxylation is 1. The van der Waals surface area contributed by atoms with Crippen LogP contribution in [0.4, 0.5) is 0 Å². The van der Waals surface area contributed by atoms with E-state index in [-0.39, 0.29) is 5.97 Å². The summed E-state index contributed by atoms with van der Waals surface area (Å²) < 4.78 is 5.80. The summed E-state index contributed by atoms with van der Waals surface area (Å²) in [6, 6.07) is 7.91. The van der Waals surface area contributed by atoms with Crippen LogP contribution in [0.2, 0.25) is 0 Å². The van der Waals surface area contributed by atoms with Gasteiger partial charge in [-0.2, -0.15) is 0 Å². The van der Waals surface area contributed by atoms with Crippen LogP contribution in [0.15, 0.2) is 34.1 Å². The Balaban J connectivity index is 2.58. The fraction of sp³-hybridized carbons (Fsp3) is 0.154. The van der Waals surface area contributed by atoms with Gasteiger partial charge < -0.3 is 4.74 Å². The number of hydrogen-bond acceptors (Lipinski definition) is 3. The number of halogens is 1. The number of carbonyl (C=O) groups is 1. The van der Waals surface area contributed by atoms with Crippen molar-refractivity contribution in [2.45, 2.75) is 6.92 Å². The molecule has 1 aromatic heterocycles. The molecule has 0 saturated carbocycles. The lowest BCUT2D eigenvalue weighted by Crippen LogP contribution is -2.00. The van der Waals surface area contributed by atoms with E-state index in [4.69, 9.17) is 4.74 Å². The number of thiophene rings is 1. The zero-order valence-electron chi connectivity index (χ0n) is 9.49. The Morgan fingerprint density at radius 3 is 2.82 bits per heavy atom. The molecular formula is C13H11BrO2S. The van der Waals surface area contributed by atoms with Crippen molar-refractivity contribution < 1.29 is 9.53 Å². The quantitative estimate of drug-likeness (QED) is 0.774. The van der Waals surface area contributed by atoms with Crippen molar-refractivity contribution in [2.24, 2.45) is 0 Å². The van der Waals surface area contributed by atoms with Gasteiger partial charge in [0.1, 0.15) is 4.88 Å². The normalized spacial score (nSPS) is 10.3. The number of benzene rings is 1. The Labute approximate surface area is 112 Å². The zero-order chi connectivity index (χ0) is 12.4. The van der Waals surface area contributed by atoms with Gasteiger partial charge >= 0.3 is 5.97 Å². The standard InChI is InChI=1S/C13H11BrO2S/c1-8-7-17-12(13(15)16-2)11(8)9-4-3-5-10(14)6-9/h3-7H,1-2H3. The van der Waals surface area contributed by atoms with Crippen molar-refractivity contribution >= 4 is 33.2 Å². The number of carbonyl (C=O) groups excluding carboxylic acids is 1. The SMILES string of the molecule is COC(=O)c1scc(C)c1-c1cccc(Br)c1. The summed E-state index contributed by atoms with van der Waals surface area (Å²) >= 11 is 4.86. The van der Waals surface area contributed by atoms with E-state index in [9.17, 15) is 4.79 Å². The maximum absolute atomic E-state index is 11.7. The smallest absolute Gasteiger partial charge is 0.348 e. The lowest BCUT2D eigenvalue weighted by atomic mass is 10.0. The molecule has 2 aromatic rings. The molecule has 0 aliphatic carbocycles. The first-order valence-corrected chi connectivity index (χ1v) is 6.73. The predicted molar refractivity (Wildman–Crippen MR) is 73.5 cm³/mol. The van der Waals surface area contributed by atoms with Gasteiger partial charge in [-0.3, -0.25) is 0 Å². The molecule has 2 rings (SSSR count). The first-order chi connectivity index (χ1) is 8.13. The van der Waals surface area contributed by atoms with Crippen LogP contribution in [0.1, 0.15) is 15.2 Å². The summed E-state index contributed by atoms with van der Waals surface area (Å²) in [6.45, 7) is 2.00. The Hall–Kier alpha value is -1.13. The van der Waals surface area contributed by atoms with Crippen LogP contribution in [0.3, 0.4) is 0 Å². The second-order valence-corrected chi connectivity index (χ2v) is 5.42. The second-order valence-electron chi connectivity index (χ2n) is 3.62. The number of esters is 1. The predicted octanol–water partition coefficient (Wildman–Crippen LogP) is 4.27. The second kappa shape index (κ2) is 5.02. The molecule has 0 radical (unpaired) electrons. The molecule has 0 unspecified atom stereocenters. The lowest BCUT2D eigenvalue weighted by Gasteiger charge is -2.05. The first-order valence-electron chi connectivity index (χ1n) is 5.06. The van der Waals surface area contributed by atoms with Crippen molar-refractivity contribution in [3.05, 3.63) is 44.6 Å². The average Bonchev–Trinajstić information content (AvgIpc) is 2.70. The Morgan fingerprint density at radius 2 is 2.18 bits per heavy atom. The summed E-state index contributed by atoms with van der Waals surface area (Å²) in [6.07, 6.45) is 0. The molecule has 4 heteroatoms. The van der Waals surface area contributed by atoms with Crippen molar-refractivity contribution in [2.75, 3.05) is 7.11 Å². The van der Waals surface area contributed by atoms with Gasteiger partial charge in [0.05, 0.1) is 7.11 Å². The Kier molecular flexibility index (Phi) is 3.64. The van der Waals surface area contributed by atoms with E-state index in [1.165, 1.54) is 18.4 Å². The minimum Gasteiger partial charge on any atom is -0.465 e. The molecule has 0 aliphatic heterocycles. The number of ether oxygens (including phenoxy) is 1. The van der Waals surface area contributed by atoms with E-state index in [0.717, 1.165) is 21.2 Å². The Morgan fingerprint density at radius 1 is 1.41 bits per heavy atom. The maximum atomic E-state index is 11.7. The van der Waals surface area contributed by atoms with Crippen LogP contribution in [0.25, 0.3) is 11.1 Å². The number of hydrogen-bond donors (Lipinski definition) is 0. The molecule has 88 valence electrons. The summed E-state index contributed by atoms with van der Waals surface area (Å²) in [7, 11) is 1.40. The molecule has 0 atom stereocenters. The maximum Gasteiger partial charge on any atom is 0.348 e. The highest BCUT2D eigenvalue weighted by Crippen LogP contribution is 2.34. The van der Waals surface area contributed by atoms with E-state index < -0.39 is 0 Å². The van der Waals surface area contributed by atoms with Gasteiger partial charge in [-0.05, 0) is 35.6 Å². The van der Waals surface area contributed by atoms with Crippen molar-refractivity contribution in [1.82, 2.24) is 0 Å². The minimum atomic E-state index is -0.280. The van der Waals surface area contributed by atoms with Crippen LogP contribution in [-0.4, -0.2) is 13.1 Å². The molecule has 0 spiro atoms. The monoisotopic (exact) mass is 310 g/mol. The van der Waals surface area contributed by atoms with Gasteiger partial charge in [-0.1, -0.05) is 28.1 Å². The van der Waals surface area contributed by atoms with Gasteiger partial charge in [0.25, 0.3) is 0 Å². The van der Waals surface area contributed by atoms with Crippen molar-refractivity contribution in [3.8, 4) is 11.1 Å². The van der Waals surface area contributed by atoms with Crippen LogP contribution in [0.5, 0.6) is 0 Å². The van der Waals surface area contributed by atoms with E-state index in [1.807, 2.05) is 36.6 Å². The zero-order valence-corrected chi connectivity index (χ0v) is 11.9. The Bertz CT molecular complexity index is 560. The lowest BCUT2D eigenvalue weighted by molar-refractivity contribution is 0.0607. The van der Waals surface area contributed by atoms with Crippen LogP contribution >= 0.6 is 27.3 Å². The highest BCUT2D eigenvalue weighted by atomic mass is 79.9. The summed E-state index contributed by atoms with van der Waals surface area (Å²) in [5, 5.41) is 1.97. The minimum absolute atomic E-state index is 0.280. The third-order valence-corrected chi connectivity index (χ3v) is 4.03. The fourth-order valence-electron chi connectivity index (χ4n) is 1.69. The van der Waals surface area contributed by atoms with Crippen molar-refractivity contribution in [3.63, 3.8) is 0 Å². The van der Waals surface area contributed by atoms with Crippen LogP contribution in [0, 0.1) is 6.92 Å². The van der Waals surface area contributed by atoms with Gasteiger partial charge in [-0.25, -0.2) is 4.79 Å². The van der Waals surface area contributed by atoms with E-state index in [0.29, 0.717) is 4.88 Å². The fourth-order valence-corrected chi connectivity index (χ4v) is 3.08. The summed E-state index contributed by atoms with van der Waals surface area (Å²) in [4.78, 5) is 12.3. The van der Waals surface area contributed by atoms with Gasteiger partial charge in [-0.15, -0.1) is 11.3 Å². The summed E-state index contributed by atoms with van der Waals surface area (Å²) in [5.41, 5.74) is 3.08. The highest BCUT2D eigenvalue weighted by molar-refractivity contribution is 9.10. The van der Waals surface area contributed by atoms with Gasteiger partial charge in [0, 0.05) is 10.0 Å². The molecule has 0 saturated heterocycles. The molecule has 0 amide bonds. The molecule has 0 N–H and O–H groups in total.